The van der Waals surface area contributed by atoms with Crippen molar-refractivity contribution in [2.24, 2.45) is 5.92 Å². The van der Waals surface area contributed by atoms with Gasteiger partial charge in [-0.05, 0) is 12.8 Å². The molecule has 0 nitrogen and oxygen atoms in total. The van der Waals surface area contributed by atoms with Crippen molar-refractivity contribution in [1.82, 2.24) is 0 Å². The third kappa shape index (κ3) is 2.69. The molecule has 0 heterocycles. The number of hydrogen-bond acceptors (Lipinski definition) is 0. The Morgan fingerprint density at radius 1 is 1.00 bits per heavy atom. The van der Waals surface area contributed by atoms with Crippen LogP contribution >= 0.6 is 0 Å². The lowest BCUT2D eigenvalue weighted by molar-refractivity contribution is 0.382. The standard InChI is InChI=1S/C15H23B/c1-12-4-8-14(9-5-12)16(3)15-10-6-13(2)7-11-15/h4-5,8-9,13,15H,6-7,10-11H2,1-3H3. The van der Waals surface area contributed by atoms with Crippen molar-refractivity contribution in [1.29, 1.82) is 0 Å². The second-order valence-electron chi connectivity index (χ2n) is 5.72. The molecule has 0 bridgehead atoms. The fraction of sp³-hybridized carbons (Fsp3) is 0.600. The molecule has 1 fully saturated rings. The maximum atomic E-state index is 2.41. The molecule has 0 aliphatic heterocycles. The first-order chi connectivity index (χ1) is 7.66. The summed E-state index contributed by atoms with van der Waals surface area (Å²) in [4.78, 5) is 0. The van der Waals surface area contributed by atoms with Crippen molar-refractivity contribution in [3.63, 3.8) is 0 Å². The first-order valence-corrected chi connectivity index (χ1v) is 6.73. The van der Waals surface area contributed by atoms with Gasteiger partial charge in [0, 0.05) is 0 Å². The highest BCUT2D eigenvalue weighted by molar-refractivity contribution is 6.73. The normalized spacial score (nSPS) is 25.4. The van der Waals surface area contributed by atoms with Crippen molar-refractivity contribution >= 4 is 12.2 Å². The molecule has 0 saturated heterocycles. The molecule has 1 aromatic rings. The Balaban J connectivity index is 2.01. The average Bonchev–Trinajstić information content (AvgIpc) is 2.30. The van der Waals surface area contributed by atoms with Crippen LogP contribution in [-0.4, -0.2) is 6.71 Å². The zero-order chi connectivity index (χ0) is 11.5. The second kappa shape index (κ2) is 5.08. The molecule has 0 amide bonds. The summed E-state index contributed by atoms with van der Waals surface area (Å²) in [6.45, 7) is 7.71. The maximum Gasteiger partial charge on any atom is 0.175 e. The number of hydrogen-bond donors (Lipinski definition) is 0. The molecule has 1 heteroatoms. The highest BCUT2D eigenvalue weighted by Gasteiger charge is 2.26. The van der Waals surface area contributed by atoms with Gasteiger partial charge in [-0.1, -0.05) is 80.5 Å². The number of aryl methyl sites for hydroxylation is 1. The number of benzene rings is 1. The highest BCUT2D eigenvalue weighted by atomic mass is 14.2. The summed E-state index contributed by atoms with van der Waals surface area (Å²) in [6.07, 6.45) is 5.72. The van der Waals surface area contributed by atoms with Crippen molar-refractivity contribution in [3.05, 3.63) is 29.8 Å². The van der Waals surface area contributed by atoms with Gasteiger partial charge < -0.3 is 0 Å². The van der Waals surface area contributed by atoms with Crippen LogP contribution in [0.4, 0.5) is 0 Å². The van der Waals surface area contributed by atoms with Crippen molar-refractivity contribution < 1.29 is 0 Å². The monoisotopic (exact) mass is 214 g/mol. The quantitative estimate of drug-likeness (QED) is 0.655. The second-order valence-corrected chi connectivity index (χ2v) is 5.72. The third-order valence-corrected chi connectivity index (χ3v) is 4.37. The van der Waals surface area contributed by atoms with Crippen LogP contribution in [0, 0.1) is 12.8 Å². The molecule has 0 N–H and O–H groups in total. The lowest BCUT2D eigenvalue weighted by Crippen LogP contribution is -2.33. The minimum Gasteiger partial charge on any atom is -0.0815 e. The third-order valence-electron chi connectivity index (χ3n) is 4.37. The molecular formula is C15H23B. The predicted molar refractivity (Wildman–Crippen MR) is 73.8 cm³/mol. The summed E-state index contributed by atoms with van der Waals surface area (Å²) in [6, 6.07) is 9.13. The Morgan fingerprint density at radius 2 is 1.56 bits per heavy atom. The molecule has 1 aliphatic rings. The van der Waals surface area contributed by atoms with E-state index in [9.17, 15) is 0 Å². The summed E-state index contributed by atoms with van der Waals surface area (Å²) >= 11 is 0. The fourth-order valence-corrected chi connectivity index (χ4v) is 2.93. The average molecular weight is 214 g/mol. The first kappa shape index (κ1) is 11.8. The van der Waals surface area contributed by atoms with Crippen LogP contribution in [0.2, 0.25) is 12.6 Å². The summed E-state index contributed by atoms with van der Waals surface area (Å²) in [5.74, 6) is 1.88. The zero-order valence-electron chi connectivity index (χ0n) is 10.9. The van der Waals surface area contributed by atoms with E-state index >= 15 is 0 Å². The molecule has 0 atom stereocenters. The van der Waals surface area contributed by atoms with E-state index < -0.39 is 0 Å². The summed E-state index contributed by atoms with van der Waals surface area (Å²) in [5.41, 5.74) is 2.90. The fourth-order valence-electron chi connectivity index (χ4n) is 2.93. The van der Waals surface area contributed by atoms with Crippen molar-refractivity contribution in [2.45, 2.75) is 52.2 Å². The maximum absolute atomic E-state index is 2.41. The molecule has 16 heavy (non-hydrogen) atoms. The minimum absolute atomic E-state index is 0.744. The van der Waals surface area contributed by atoms with Gasteiger partial charge in [0.05, 0.1) is 0 Å². The topological polar surface area (TPSA) is 0 Å². The Morgan fingerprint density at radius 3 is 2.12 bits per heavy atom. The van der Waals surface area contributed by atoms with Gasteiger partial charge in [-0.25, -0.2) is 0 Å². The lowest BCUT2D eigenvalue weighted by Gasteiger charge is -2.29. The molecule has 2 rings (SSSR count). The molecule has 0 spiro atoms. The SMILES string of the molecule is CB(c1ccc(C)cc1)C1CCC(C)CC1. The van der Waals surface area contributed by atoms with E-state index in [-0.39, 0.29) is 0 Å². The van der Waals surface area contributed by atoms with Gasteiger partial charge in [-0.15, -0.1) is 0 Å². The van der Waals surface area contributed by atoms with Gasteiger partial charge in [0.1, 0.15) is 0 Å². The van der Waals surface area contributed by atoms with Gasteiger partial charge in [0.15, 0.2) is 6.71 Å². The first-order valence-electron chi connectivity index (χ1n) is 6.73. The number of rotatable bonds is 2. The Hall–Kier alpha value is -0.715. The van der Waals surface area contributed by atoms with E-state index in [4.69, 9.17) is 0 Å². The molecule has 1 aromatic carbocycles. The molecule has 0 radical (unpaired) electrons. The van der Waals surface area contributed by atoms with Crippen LogP contribution in [0.3, 0.4) is 0 Å². The van der Waals surface area contributed by atoms with Gasteiger partial charge in [0.25, 0.3) is 0 Å². The van der Waals surface area contributed by atoms with E-state index in [0.29, 0.717) is 0 Å². The molecule has 86 valence electrons. The van der Waals surface area contributed by atoms with Crippen LogP contribution in [0.1, 0.15) is 38.2 Å². The summed E-state index contributed by atoms with van der Waals surface area (Å²) in [5, 5.41) is 0. The Labute approximate surface area is 101 Å². The van der Waals surface area contributed by atoms with Crippen molar-refractivity contribution in [2.75, 3.05) is 0 Å². The van der Waals surface area contributed by atoms with Gasteiger partial charge in [0.2, 0.25) is 0 Å². The molecular weight excluding hydrogens is 191 g/mol. The Bertz CT molecular complexity index is 320. The zero-order valence-corrected chi connectivity index (χ0v) is 10.9. The van der Waals surface area contributed by atoms with E-state index in [1.165, 1.54) is 36.7 Å². The van der Waals surface area contributed by atoms with E-state index in [1.807, 2.05) is 0 Å². The summed E-state index contributed by atoms with van der Waals surface area (Å²) in [7, 11) is 0. The van der Waals surface area contributed by atoms with Crippen LogP contribution in [0.25, 0.3) is 0 Å². The predicted octanol–water partition coefficient (Wildman–Crippen LogP) is 3.91. The smallest absolute Gasteiger partial charge is 0.0815 e. The molecule has 1 saturated carbocycles. The van der Waals surface area contributed by atoms with Gasteiger partial charge in [-0.2, -0.15) is 0 Å². The Kier molecular flexibility index (Phi) is 3.73. The van der Waals surface area contributed by atoms with Crippen LogP contribution in [0.5, 0.6) is 0 Å². The van der Waals surface area contributed by atoms with Crippen molar-refractivity contribution in [3.8, 4) is 0 Å². The molecule has 0 unspecified atom stereocenters. The van der Waals surface area contributed by atoms with E-state index in [0.717, 1.165) is 18.4 Å². The van der Waals surface area contributed by atoms with Crippen LogP contribution in [0.15, 0.2) is 24.3 Å². The van der Waals surface area contributed by atoms with E-state index in [1.54, 1.807) is 0 Å². The van der Waals surface area contributed by atoms with Crippen LogP contribution < -0.4 is 5.46 Å². The van der Waals surface area contributed by atoms with Crippen LogP contribution in [-0.2, 0) is 0 Å². The lowest BCUT2D eigenvalue weighted by atomic mass is 9.36. The molecule has 0 aromatic heterocycles. The highest BCUT2D eigenvalue weighted by Crippen LogP contribution is 2.34. The largest absolute Gasteiger partial charge is 0.175 e. The minimum atomic E-state index is 0.744. The molecule has 1 aliphatic carbocycles. The van der Waals surface area contributed by atoms with Gasteiger partial charge in [-0.3, -0.25) is 0 Å². The summed E-state index contributed by atoms with van der Waals surface area (Å²) < 4.78 is 0. The van der Waals surface area contributed by atoms with Gasteiger partial charge >= 0.3 is 0 Å². The van der Waals surface area contributed by atoms with E-state index in [2.05, 4.69) is 44.9 Å².